The van der Waals surface area contributed by atoms with Crippen molar-refractivity contribution in [3.05, 3.63) is 28.8 Å². The SMILES string of the molecule is CN(c1ccc(Cl)cc1CN)C1CCSC1. The van der Waals surface area contributed by atoms with Crippen LogP contribution in [-0.2, 0) is 6.54 Å². The third kappa shape index (κ3) is 2.47. The van der Waals surface area contributed by atoms with Crippen LogP contribution in [0.25, 0.3) is 0 Å². The topological polar surface area (TPSA) is 29.3 Å². The van der Waals surface area contributed by atoms with Gasteiger partial charge in [-0.15, -0.1) is 0 Å². The van der Waals surface area contributed by atoms with Crippen molar-refractivity contribution in [2.45, 2.75) is 19.0 Å². The molecule has 2 nitrogen and oxygen atoms in total. The number of halogens is 1. The Balaban J connectivity index is 2.24. The van der Waals surface area contributed by atoms with E-state index in [1.807, 2.05) is 23.9 Å². The molecule has 0 spiro atoms. The first-order valence-corrected chi connectivity index (χ1v) is 7.04. The minimum absolute atomic E-state index is 0.542. The van der Waals surface area contributed by atoms with Crippen LogP contribution in [0.3, 0.4) is 0 Å². The molecule has 4 heteroatoms. The molecule has 1 aromatic rings. The van der Waals surface area contributed by atoms with E-state index in [2.05, 4.69) is 18.0 Å². The fourth-order valence-electron chi connectivity index (χ4n) is 2.09. The molecule has 2 rings (SSSR count). The van der Waals surface area contributed by atoms with Gasteiger partial charge in [0.25, 0.3) is 0 Å². The maximum absolute atomic E-state index is 5.98. The summed E-state index contributed by atoms with van der Waals surface area (Å²) in [6.07, 6.45) is 1.26. The van der Waals surface area contributed by atoms with Crippen LogP contribution in [0.15, 0.2) is 18.2 Å². The first-order valence-electron chi connectivity index (χ1n) is 5.51. The molecule has 0 aliphatic carbocycles. The minimum atomic E-state index is 0.542. The fourth-order valence-corrected chi connectivity index (χ4v) is 3.55. The average Bonchev–Trinajstić information content (AvgIpc) is 2.81. The molecule has 0 radical (unpaired) electrons. The molecule has 1 atom stereocenters. The van der Waals surface area contributed by atoms with Crippen molar-refractivity contribution in [1.82, 2.24) is 0 Å². The summed E-state index contributed by atoms with van der Waals surface area (Å²) in [4.78, 5) is 2.35. The summed E-state index contributed by atoms with van der Waals surface area (Å²) in [7, 11) is 2.15. The quantitative estimate of drug-likeness (QED) is 0.902. The van der Waals surface area contributed by atoms with Crippen LogP contribution in [0.5, 0.6) is 0 Å². The smallest absolute Gasteiger partial charge is 0.0413 e. The Morgan fingerprint density at radius 3 is 3.00 bits per heavy atom. The molecule has 1 aromatic carbocycles. The molecule has 16 heavy (non-hydrogen) atoms. The van der Waals surface area contributed by atoms with Gasteiger partial charge in [-0.25, -0.2) is 0 Å². The van der Waals surface area contributed by atoms with Gasteiger partial charge in [0, 0.05) is 36.1 Å². The normalized spacial score (nSPS) is 20.1. The Hall–Kier alpha value is -0.380. The number of thioether (sulfide) groups is 1. The Kier molecular flexibility index (Phi) is 4.00. The monoisotopic (exact) mass is 256 g/mol. The van der Waals surface area contributed by atoms with Crippen molar-refractivity contribution in [3.8, 4) is 0 Å². The van der Waals surface area contributed by atoms with Crippen molar-refractivity contribution in [2.24, 2.45) is 5.73 Å². The Morgan fingerprint density at radius 2 is 2.38 bits per heavy atom. The van der Waals surface area contributed by atoms with Crippen molar-refractivity contribution in [2.75, 3.05) is 23.5 Å². The molecule has 0 saturated carbocycles. The van der Waals surface area contributed by atoms with Gasteiger partial charge in [-0.3, -0.25) is 0 Å². The summed E-state index contributed by atoms with van der Waals surface area (Å²) in [5, 5.41) is 0.762. The van der Waals surface area contributed by atoms with Crippen LogP contribution in [0.4, 0.5) is 5.69 Å². The van der Waals surface area contributed by atoms with Gasteiger partial charge in [0.2, 0.25) is 0 Å². The Morgan fingerprint density at radius 1 is 1.56 bits per heavy atom. The van der Waals surface area contributed by atoms with Crippen molar-refractivity contribution < 1.29 is 0 Å². The van der Waals surface area contributed by atoms with Gasteiger partial charge in [0.1, 0.15) is 0 Å². The zero-order valence-corrected chi connectivity index (χ0v) is 11.0. The molecule has 1 aliphatic rings. The highest BCUT2D eigenvalue weighted by Gasteiger charge is 2.21. The first-order chi connectivity index (χ1) is 7.72. The number of hydrogen-bond donors (Lipinski definition) is 1. The van der Waals surface area contributed by atoms with E-state index in [0.717, 1.165) is 10.6 Å². The summed E-state index contributed by atoms with van der Waals surface area (Å²) in [6.45, 7) is 0.542. The Labute approximate surface area is 106 Å². The van der Waals surface area contributed by atoms with Gasteiger partial charge in [0.15, 0.2) is 0 Å². The van der Waals surface area contributed by atoms with E-state index in [-0.39, 0.29) is 0 Å². The average molecular weight is 257 g/mol. The van der Waals surface area contributed by atoms with E-state index < -0.39 is 0 Å². The van der Waals surface area contributed by atoms with E-state index in [1.54, 1.807) is 0 Å². The molecule has 1 aliphatic heterocycles. The molecule has 0 aromatic heterocycles. The molecule has 88 valence electrons. The van der Waals surface area contributed by atoms with E-state index in [9.17, 15) is 0 Å². The van der Waals surface area contributed by atoms with Crippen LogP contribution < -0.4 is 10.6 Å². The number of nitrogens with zero attached hydrogens (tertiary/aromatic N) is 1. The van der Waals surface area contributed by atoms with Gasteiger partial charge in [-0.05, 0) is 35.9 Å². The van der Waals surface area contributed by atoms with Gasteiger partial charge in [0.05, 0.1) is 0 Å². The van der Waals surface area contributed by atoms with E-state index in [0.29, 0.717) is 12.6 Å². The van der Waals surface area contributed by atoms with Crippen LogP contribution in [0.1, 0.15) is 12.0 Å². The third-order valence-corrected chi connectivity index (χ3v) is 4.47. The molecule has 1 saturated heterocycles. The highest BCUT2D eigenvalue weighted by Crippen LogP contribution is 2.29. The van der Waals surface area contributed by atoms with Crippen LogP contribution in [0.2, 0.25) is 5.02 Å². The van der Waals surface area contributed by atoms with E-state index >= 15 is 0 Å². The van der Waals surface area contributed by atoms with E-state index in [4.69, 9.17) is 17.3 Å². The van der Waals surface area contributed by atoms with Crippen molar-refractivity contribution >= 4 is 29.1 Å². The predicted molar refractivity (Wildman–Crippen MR) is 73.5 cm³/mol. The first kappa shape index (κ1) is 12.1. The second-order valence-electron chi connectivity index (χ2n) is 4.11. The second-order valence-corrected chi connectivity index (χ2v) is 5.69. The highest BCUT2D eigenvalue weighted by atomic mass is 35.5. The van der Waals surface area contributed by atoms with E-state index in [1.165, 1.54) is 23.6 Å². The number of rotatable bonds is 3. The van der Waals surface area contributed by atoms with Gasteiger partial charge in [-0.1, -0.05) is 11.6 Å². The molecule has 2 N–H and O–H groups in total. The molecule has 0 bridgehead atoms. The summed E-state index contributed by atoms with van der Waals surface area (Å²) < 4.78 is 0. The zero-order valence-electron chi connectivity index (χ0n) is 9.45. The number of benzene rings is 1. The maximum atomic E-state index is 5.98. The maximum Gasteiger partial charge on any atom is 0.0413 e. The lowest BCUT2D eigenvalue weighted by Gasteiger charge is -2.28. The summed E-state index contributed by atoms with van der Waals surface area (Å²) >= 11 is 8.00. The zero-order chi connectivity index (χ0) is 11.5. The molecule has 1 fully saturated rings. The standard InChI is InChI=1S/C12H17ClN2S/c1-15(11-4-5-16-8-11)12-3-2-10(13)6-9(12)7-14/h2-3,6,11H,4-5,7-8,14H2,1H3. The van der Waals surface area contributed by atoms with Crippen LogP contribution >= 0.6 is 23.4 Å². The number of anilines is 1. The van der Waals surface area contributed by atoms with Gasteiger partial charge >= 0.3 is 0 Å². The number of nitrogens with two attached hydrogens (primary N) is 1. The second kappa shape index (κ2) is 5.30. The van der Waals surface area contributed by atoms with Crippen LogP contribution in [0, 0.1) is 0 Å². The summed E-state index contributed by atoms with van der Waals surface area (Å²) in [5.41, 5.74) is 8.12. The summed E-state index contributed by atoms with van der Waals surface area (Å²) in [6, 6.07) is 6.62. The third-order valence-electron chi connectivity index (χ3n) is 3.09. The molecular formula is C12H17ClN2S. The van der Waals surface area contributed by atoms with Crippen molar-refractivity contribution in [3.63, 3.8) is 0 Å². The predicted octanol–water partition coefficient (Wildman–Crippen LogP) is 2.74. The molecule has 1 unspecified atom stereocenters. The van der Waals surface area contributed by atoms with Crippen molar-refractivity contribution in [1.29, 1.82) is 0 Å². The highest BCUT2D eigenvalue weighted by molar-refractivity contribution is 7.99. The largest absolute Gasteiger partial charge is 0.370 e. The summed E-state index contributed by atoms with van der Waals surface area (Å²) in [5.74, 6) is 2.48. The lowest BCUT2D eigenvalue weighted by molar-refractivity contribution is 0.696. The lowest BCUT2D eigenvalue weighted by Crippen LogP contribution is -2.32. The molecular weight excluding hydrogens is 240 g/mol. The molecule has 0 amide bonds. The number of hydrogen-bond acceptors (Lipinski definition) is 3. The fraction of sp³-hybridized carbons (Fsp3) is 0.500. The van der Waals surface area contributed by atoms with Gasteiger partial charge < -0.3 is 10.6 Å². The lowest BCUT2D eigenvalue weighted by atomic mass is 10.1. The van der Waals surface area contributed by atoms with Gasteiger partial charge in [-0.2, -0.15) is 11.8 Å². The molecule has 1 heterocycles. The Bertz CT molecular complexity index is 364. The van der Waals surface area contributed by atoms with Crippen LogP contribution in [-0.4, -0.2) is 24.6 Å². The minimum Gasteiger partial charge on any atom is -0.370 e.